The van der Waals surface area contributed by atoms with Gasteiger partial charge in [-0.25, -0.2) is 0 Å². The van der Waals surface area contributed by atoms with Gasteiger partial charge in [0.05, 0.1) is 6.10 Å². The summed E-state index contributed by atoms with van der Waals surface area (Å²) in [5, 5.41) is 11.7. The molecule has 0 amide bonds. The summed E-state index contributed by atoms with van der Waals surface area (Å²) in [6, 6.07) is 0. The molecular weight excluding hydrogens is 216 g/mol. The van der Waals surface area contributed by atoms with Crippen LogP contribution in [0, 0.1) is 11.3 Å². The molecule has 0 heterocycles. The molecule has 0 aromatic heterocycles. The summed E-state index contributed by atoms with van der Waals surface area (Å²) in [5.41, 5.74) is 5.38. The van der Waals surface area contributed by atoms with E-state index < -0.39 is 0 Å². The van der Waals surface area contributed by atoms with Gasteiger partial charge in [-0.2, -0.15) is 0 Å². The lowest BCUT2D eigenvalue weighted by atomic mass is 9.86. The molecule has 0 rings (SSSR count). The van der Waals surface area contributed by atoms with Crippen LogP contribution in [0.4, 0.5) is 0 Å². The van der Waals surface area contributed by atoms with Crippen molar-refractivity contribution in [3.8, 4) is 0 Å². The van der Waals surface area contributed by atoms with E-state index in [-0.39, 0.29) is 5.41 Å². The summed E-state index contributed by atoms with van der Waals surface area (Å²) in [7, 11) is 0. The first-order valence-electron chi connectivity index (χ1n) is 6.41. The van der Waals surface area contributed by atoms with Crippen LogP contribution in [0.5, 0.6) is 0 Å². The van der Waals surface area contributed by atoms with Crippen molar-refractivity contribution < 1.29 is 9.94 Å². The zero-order valence-electron chi connectivity index (χ0n) is 11.9. The second-order valence-corrected chi connectivity index (χ2v) is 5.65. The number of ether oxygens (including phenoxy) is 1. The first-order chi connectivity index (χ1) is 7.81. The van der Waals surface area contributed by atoms with Crippen LogP contribution in [0.1, 0.15) is 53.9 Å². The number of oxime groups is 1. The lowest BCUT2D eigenvalue weighted by Crippen LogP contribution is -2.31. The molecule has 0 saturated carbocycles. The van der Waals surface area contributed by atoms with Gasteiger partial charge in [0.2, 0.25) is 0 Å². The van der Waals surface area contributed by atoms with Crippen LogP contribution in [-0.2, 0) is 4.74 Å². The highest BCUT2D eigenvalue weighted by Crippen LogP contribution is 2.23. The maximum atomic E-state index is 8.65. The number of unbranched alkanes of at least 4 members (excludes halogenated alkanes) is 1. The number of amidine groups is 1. The quantitative estimate of drug-likeness (QED) is 0.227. The fourth-order valence-corrected chi connectivity index (χ4v) is 1.39. The van der Waals surface area contributed by atoms with Gasteiger partial charge in [-0.15, -0.1) is 0 Å². The Bertz CT molecular complexity index is 238. The molecule has 0 aliphatic heterocycles. The monoisotopic (exact) mass is 244 g/mol. The molecule has 0 fully saturated rings. The maximum Gasteiger partial charge on any atom is 0.144 e. The second-order valence-electron chi connectivity index (χ2n) is 5.65. The third kappa shape index (κ3) is 6.51. The predicted molar refractivity (Wildman–Crippen MR) is 71.3 cm³/mol. The van der Waals surface area contributed by atoms with Crippen molar-refractivity contribution in [2.45, 2.75) is 60.0 Å². The summed E-state index contributed by atoms with van der Waals surface area (Å²) < 4.78 is 5.69. The van der Waals surface area contributed by atoms with Gasteiger partial charge >= 0.3 is 0 Å². The Labute approximate surface area is 105 Å². The molecule has 4 heteroatoms. The summed E-state index contributed by atoms with van der Waals surface area (Å²) in [6.07, 6.45) is 3.25. The molecular formula is C13H28N2O2. The summed E-state index contributed by atoms with van der Waals surface area (Å²) in [4.78, 5) is 0. The number of rotatable bonds is 8. The first-order valence-corrected chi connectivity index (χ1v) is 6.41. The third-order valence-electron chi connectivity index (χ3n) is 3.32. The number of hydrogen-bond donors (Lipinski definition) is 2. The summed E-state index contributed by atoms with van der Waals surface area (Å²) in [5.74, 6) is 0.859. The normalized spacial score (nSPS) is 15.3. The van der Waals surface area contributed by atoms with Gasteiger partial charge in [0.25, 0.3) is 0 Å². The van der Waals surface area contributed by atoms with E-state index in [9.17, 15) is 0 Å². The second kappa shape index (κ2) is 7.54. The van der Waals surface area contributed by atoms with Crippen LogP contribution in [-0.4, -0.2) is 23.8 Å². The molecule has 102 valence electrons. The van der Waals surface area contributed by atoms with Gasteiger partial charge in [-0.05, 0) is 25.7 Å². The molecule has 0 radical (unpaired) electrons. The topological polar surface area (TPSA) is 67.8 Å². The molecule has 1 unspecified atom stereocenters. The number of nitrogens with two attached hydrogens (primary N) is 1. The van der Waals surface area contributed by atoms with E-state index in [0.717, 1.165) is 25.9 Å². The molecule has 17 heavy (non-hydrogen) atoms. The Kier molecular flexibility index (Phi) is 7.19. The van der Waals surface area contributed by atoms with Crippen molar-refractivity contribution in [3.05, 3.63) is 0 Å². The maximum absolute atomic E-state index is 8.65. The average Bonchev–Trinajstić information content (AvgIpc) is 2.26. The standard InChI is InChI=1S/C13H28N2O2/c1-10(2)11(3)17-9-7-6-8-13(4,5)12(14)15-16/h10-11,16H,6-9H2,1-5H3,(H2,14,15). The van der Waals surface area contributed by atoms with Gasteiger partial charge in [0.1, 0.15) is 5.84 Å². The van der Waals surface area contributed by atoms with Crippen LogP contribution in [0.15, 0.2) is 5.16 Å². The van der Waals surface area contributed by atoms with E-state index in [1.165, 1.54) is 0 Å². The van der Waals surface area contributed by atoms with Crippen molar-refractivity contribution >= 4 is 5.84 Å². The minimum Gasteiger partial charge on any atom is -0.409 e. The molecule has 0 saturated heterocycles. The number of nitrogens with zero attached hydrogens (tertiary/aromatic N) is 1. The smallest absolute Gasteiger partial charge is 0.144 e. The third-order valence-corrected chi connectivity index (χ3v) is 3.32. The Morgan fingerprint density at radius 1 is 1.29 bits per heavy atom. The average molecular weight is 244 g/mol. The van der Waals surface area contributed by atoms with E-state index in [1.807, 2.05) is 13.8 Å². The van der Waals surface area contributed by atoms with Gasteiger partial charge in [0, 0.05) is 12.0 Å². The predicted octanol–water partition coefficient (Wildman–Crippen LogP) is 2.99. The molecule has 0 aliphatic rings. The summed E-state index contributed by atoms with van der Waals surface area (Å²) >= 11 is 0. The van der Waals surface area contributed by atoms with E-state index in [1.54, 1.807) is 0 Å². The fraction of sp³-hybridized carbons (Fsp3) is 0.923. The Morgan fingerprint density at radius 3 is 2.35 bits per heavy atom. The minimum absolute atomic E-state index is 0.238. The Balaban J connectivity index is 3.72. The molecule has 0 aromatic carbocycles. The van der Waals surface area contributed by atoms with Crippen molar-refractivity contribution in [1.29, 1.82) is 0 Å². The van der Waals surface area contributed by atoms with E-state index in [0.29, 0.717) is 17.9 Å². The molecule has 1 atom stereocenters. The van der Waals surface area contributed by atoms with Gasteiger partial charge < -0.3 is 15.7 Å². The van der Waals surface area contributed by atoms with Gasteiger partial charge in [0.15, 0.2) is 0 Å². The van der Waals surface area contributed by atoms with E-state index in [4.69, 9.17) is 15.7 Å². The zero-order chi connectivity index (χ0) is 13.5. The van der Waals surface area contributed by atoms with Crippen LogP contribution in [0.3, 0.4) is 0 Å². The highest BCUT2D eigenvalue weighted by atomic mass is 16.5. The zero-order valence-corrected chi connectivity index (χ0v) is 11.9. The lowest BCUT2D eigenvalue weighted by Gasteiger charge is -2.23. The summed E-state index contributed by atoms with van der Waals surface area (Å²) in [6.45, 7) is 11.2. The molecule has 3 N–H and O–H groups in total. The highest BCUT2D eigenvalue weighted by molar-refractivity contribution is 5.85. The molecule has 0 spiro atoms. The molecule has 4 nitrogen and oxygen atoms in total. The Hall–Kier alpha value is -0.770. The number of hydrogen-bond acceptors (Lipinski definition) is 3. The van der Waals surface area contributed by atoms with Crippen LogP contribution >= 0.6 is 0 Å². The SMILES string of the molecule is CC(C)C(C)OCCCCC(C)(C)C(N)=NO. The highest BCUT2D eigenvalue weighted by Gasteiger charge is 2.22. The van der Waals surface area contributed by atoms with E-state index in [2.05, 4.69) is 25.9 Å². The van der Waals surface area contributed by atoms with Crippen LogP contribution in [0.2, 0.25) is 0 Å². The van der Waals surface area contributed by atoms with Crippen molar-refractivity contribution in [1.82, 2.24) is 0 Å². The molecule has 0 bridgehead atoms. The van der Waals surface area contributed by atoms with Crippen molar-refractivity contribution in [2.24, 2.45) is 22.2 Å². The van der Waals surface area contributed by atoms with Gasteiger partial charge in [-0.1, -0.05) is 39.3 Å². The van der Waals surface area contributed by atoms with Crippen LogP contribution < -0.4 is 5.73 Å². The minimum atomic E-state index is -0.238. The molecule has 0 aromatic rings. The van der Waals surface area contributed by atoms with Crippen molar-refractivity contribution in [2.75, 3.05) is 6.61 Å². The lowest BCUT2D eigenvalue weighted by molar-refractivity contribution is 0.0326. The van der Waals surface area contributed by atoms with Crippen LogP contribution in [0.25, 0.3) is 0 Å². The van der Waals surface area contributed by atoms with Crippen molar-refractivity contribution in [3.63, 3.8) is 0 Å². The first kappa shape index (κ1) is 16.2. The van der Waals surface area contributed by atoms with Gasteiger partial charge in [-0.3, -0.25) is 0 Å². The van der Waals surface area contributed by atoms with E-state index >= 15 is 0 Å². The molecule has 0 aliphatic carbocycles. The Morgan fingerprint density at radius 2 is 1.88 bits per heavy atom. The largest absolute Gasteiger partial charge is 0.409 e. The fourth-order valence-electron chi connectivity index (χ4n) is 1.39.